The summed E-state index contributed by atoms with van der Waals surface area (Å²) in [6.07, 6.45) is 6.66. The van der Waals surface area contributed by atoms with Crippen LogP contribution < -0.4 is 4.74 Å². The summed E-state index contributed by atoms with van der Waals surface area (Å²) in [5, 5.41) is 6.97. The topological polar surface area (TPSA) is 79.0 Å². The lowest BCUT2D eigenvalue weighted by molar-refractivity contribution is 0.483. The molecule has 0 aliphatic carbocycles. The second-order valence-corrected chi connectivity index (χ2v) is 15.6. The Morgan fingerprint density at radius 1 is 0.712 bits per heavy atom. The van der Waals surface area contributed by atoms with E-state index in [9.17, 15) is 8.42 Å². The molecule has 0 atom stereocenters. The van der Waals surface area contributed by atoms with Gasteiger partial charge < -0.3 is 4.74 Å². The Hall–Kier alpha value is -5.99. The number of rotatable bonds is 9. The summed E-state index contributed by atoms with van der Waals surface area (Å²) in [6, 6.07) is 38.8. The summed E-state index contributed by atoms with van der Waals surface area (Å²) in [7, 11) is -3.63. The Morgan fingerprint density at radius 2 is 1.44 bits per heavy atom. The number of aryl methyl sites for hydroxylation is 2. The van der Waals surface area contributed by atoms with Gasteiger partial charge in [0.15, 0.2) is 0 Å². The van der Waals surface area contributed by atoms with Gasteiger partial charge in [0, 0.05) is 40.9 Å². The predicted molar refractivity (Wildman–Crippen MR) is 208 cm³/mol. The number of sulfone groups is 1. The largest absolute Gasteiger partial charge is 0.457 e. The molecule has 258 valence electrons. The number of para-hydroxylation sites is 1. The predicted octanol–water partition coefficient (Wildman–Crippen LogP) is 10.5. The Morgan fingerprint density at radius 3 is 2.23 bits per heavy atom. The number of nitrogens with zero attached hydrogens (tertiary/aromatic N) is 4. The van der Waals surface area contributed by atoms with Gasteiger partial charge in [-0.2, -0.15) is 5.10 Å². The fourth-order valence-corrected chi connectivity index (χ4v) is 8.58. The van der Waals surface area contributed by atoms with E-state index in [-0.39, 0.29) is 9.79 Å². The zero-order chi connectivity index (χ0) is 36.0. The summed E-state index contributed by atoms with van der Waals surface area (Å²) in [6.45, 7) is 8.34. The van der Waals surface area contributed by atoms with Crippen LogP contribution in [-0.2, 0) is 16.3 Å². The normalized spacial score (nSPS) is 11.9. The molecule has 0 amide bonds. The van der Waals surface area contributed by atoms with E-state index >= 15 is 0 Å². The molecule has 0 aliphatic rings. The number of ether oxygens (including phenoxy) is 1. The van der Waals surface area contributed by atoms with Gasteiger partial charge in [-0.1, -0.05) is 56.3 Å². The Kier molecular flexibility index (Phi) is 8.47. The summed E-state index contributed by atoms with van der Waals surface area (Å²) in [5.41, 5.74) is 7.79. The molecule has 0 bridgehead atoms. The molecule has 7 nitrogen and oxygen atoms in total. The quantitative estimate of drug-likeness (QED) is 0.150. The zero-order valence-electron chi connectivity index (χ0n) is 29.5. The average molecular weight is 703 g/mol. The van der Waals surface area contributed by atoms with Crippen LogP contribution in [0.2, 0.25) is 0 Å². The van der Waals surface area contributed by atoms with E-state index in [1.807, 2.05) is 73.5 Å². The smallest absolute Gasteiger partial charge is 0.206 e. The summed E-state index contributed by atoms with van der Waals surface area (Å²) in [5.74, 6) is 2.82. The summed E-state index contributed by atoms with van der Waals surface area (Å²) in [4.78, 5) is 5.36. The van der Waals surface area contributed by atoms with Gasteiger partial charge in [-0.3, -0.25) is 4.57 Å². The van der Waals surface area contributed by atoms with E-state index in [1.165, 1.54) is 5.56 Å². The number of pyridine rings is 1. The number of aromatic nitrogens is 4. The van der Waals surface area contributed by atoms with E-state index in [0.29, 0.717) is 17.4 Å². The van der Waals surface area contributed by atoms with Crippen molar-refractivity contribution in [3.63, 3.8) is 0 Å². The van der Waals surface area contributed by atoms with Crippen LogP contribution in [-0.4, -0.2) is 27.7 Å². The average Bonchev–Trinajstić information content (AvgIpc) is 3.75. The van der Waals surface area contributed by atoms with Gasteiger partial charge in [-0.15, -0.1) is 0 Å². The highest BCUT2D eigenvalue weighted by atomic mass is 32.2. The van der Waals surface area contributed by atoms with Crippen molar-refractivity contribution in [2.45, 2.75) is 43.9 Å². The molecule has 8 heteroatoms. The van der Waals surface area contributed by atoms with Crippen molar-refractivity contribution in [3.8, 4) is 34.1 Å². The molecule has 0 N–H and O–H groups in total. The van der Waals surface area contributed by atoms with Gasteiger partial charge in [-0.05, 0) is 115 Å². The number of benzene rings is 5. The minimum Gasteiger partial charge on any atom is -0.457 e. The van der Waals surface area contributed by atoms with Crippen molar-refractivity contribution >= 4 is 31.6 Å². The van der Waals surface area contributed by atoms with Crippen LogP contribution >= 0.6 is 0 Å². The zero-order valence-corrected chi connectivity index (χ0v) is 30.3. The van der Waals surface area contributed by atoms with Crippen LogP contribution in [0.25, 0.3) is 44.4 Å². The van der Waals surface area contributed by atoms with Crippen molar-refractivity contribution in [2.75, 3.05) is 0 Å². The molecule has 52 heavy (non-hydrogen) atoms. The molecule has 0 radical (unpaired) electrons. The van der Waals surface area contributed by atoms with Crippen molar-refractivity contribution < 1.29 is 13.2 Å². The Balaban J connectivity index is 1.10. The fourth-order valence-electron chi connectivity index (χ4n) is 7.13. The summed E-state index contributed by atoms with van der Waals surface area (Å²) >= 11 is 0. The van der Waals surface area contributed by atoms with E-state index in [1.54, 1.807) is 36.4 Å². The molecule has 8 aromatic rings. The molecule has 0 aliphatic heterocycles. The second-order valence-electron chi connectivity index (χ2n) is 13.7. The highest BCUT2D eigenvalue weighted by Crippen LogP contribution is 2.36. The maximum Gasteiger partial charge on any atom is 0.206 e. The van der Waals surface area contributed by atoms with Crippen LogP contribution in [0.4, 0.5) is 0 Å². The lowest BCUT2D eigenvalue weighted by Gasteiger charge is -2.12. The Labute approximate surface area is 303 Å². The van der Waals surface area contributed by atoms with Crippen molar-refractivity contribution in [1.29, 1.82) is 0 Å². The molecule has 8 rings (SSSR count). The van der Waals surface area contributed by atoms with Crippen LogP contribution in [0.3, 0.4) is 0 Å². The van der Waals surface area contributed by atoms with Crippen molar-refractivity contribution in [1.82, 2.24) is 19.3 Å². The van der Waals surface area contributed by atoms with Crippen LogP contribution in [0.15, 0.2) is 150 Å². The van der Waals surface area contributed by atoms with Crippen LogP contribution in [0.5, 0.6) is 11.5 Å². The van der Waals surface area contributed by atoms with E-state index < -0.39 is 9.84 Å². The van der Waals surface area contributed by atoms with Crippen molar-refractivity contribution in [3.05, 3.63) is 157 Å². The van der Waals surface area contributed by atoms with E-state index in [2.05, 4.69) is 72.0 Å². The van der Waals surface area contributed by atoms with Gasteiger partial charge in [0.05, 0.1) is 32.7 Å². The number of fused-ring (bicyclic) bond motifs is 3. The minimum atomic E-state index is -3.63. The lowest BCUT2D eigenvalue weighted by atomic mass is 9.98. The third-order valence-corrected chi connectivity index (χ3v) is 11.1. The molecular weight excluding hydrogens is 665 g/mol. The fraction of sp³-hybridized carbons (Fsp3) is 0.136. The van der Waals surface area contributed by atoms with Gasteiger partial charge in [0.25, 0.3) is 0 Å². The molecule has 0 spiro atoms. The summed E-state index contributed by atoms with van der Waals surface area (Å²) < 4.78 is 37.2. The maximum absolute atomic E-state index is 13.3. The SMILES string of the molecule is Cc1cc(S(=O)(=O)c2ccccc2)cc(C)c1-c1cnn(-c2cccc(Oc3ccc4c5ccccc5n(-c5cc(CC(C)C)ccn5)c4c3)c2)c1. The monoisotopic (exact) mass is 702 g/mol. The molecule has 0 fully saturated rings. The van der Waals surface area contributed by atoms with Gasteiger partial charge in [-0.25, -0.2) is 18.1 Å². The molecule has 0 unspecified atom stereocenters. The first-order valence-electron chi connectivity index (χ1n) is 17.4. The molecular formula is C44H38N4O3S. The number of hydrogen-bond donors (Lipinski definition) is 0. The highest BCUT2D eigenvalue weighted by Gasteiger charge is 2.21. The van der Waals surface area contributed by atoms with Gasteiger partial charge in [0.2, 0.25) is 9.84 Å². The van der Waals surface area contributed by atoms with E-state index in [0.717, 1.165) is 62.0 Å². The minimum absolute atomic E-state index is 0.280. The van der Waals surface area contributed by atoms with Gasteiger partial charge in [0.1, 0.15) is 17.3 Å². The third kappa shape index (κ3) is 6.15. The second kappa shape index (κ2) is 13.3. The van der Waals surface area contributed by atoms with Crippen molar-refractivity contribution in [2.24, 2.45) is 5.92 Å². The van der Waals surface area contributed by atoms with Crippen LogP contribution in [0.1, 0.15) is 30.5 Å². The van der Waals surface area contributed by atoms with Gasteiger partial charge >= 0.3 is 0 Å². The Bertz CT molecular complexity index is 2690. The highest BCUT2D eigenvalue weighted by molar-refractivity contribution is 7.91. The molecule has 0 saturated carbocycles. The standard InChI is InChI=1S/C44H38N4O3S/c1-29(2)21-32-19-20-45-43(24-32)48-41-16-9-8-15-39(41)40-18-17-36(26-42(40)48)51-35-12-10-11-34(25-35)47-28-33(27-46-47)44-30(3)22-38(23-31(44)4)52(49,50)37-13-6-5-7-14-37/h5-20,22-29H,21H2,1-4H3. The lowest BCUT2D eigenvalue weighted by Crippen LogP contribution is -2.03. The first-order valence-corrected chi connectivity index (χ1v) is 18.9. The first kappa shape index (κ1) is 33.2. The van der Waals surface area contributed by atoms with E-state index in [4.69, 9.17) is 9.72 Å². The maximum atomic E-state index is 13.3. The third-order valence-electron chi connectivity index (χ3n) is 9.39. The molecule has 3 aromatic heterocycles. The molecule has 0 saturated heterocycles. The molecule has 5 aromatic carbocycles. The number of hydrogen-bond acceptors (Lipinski definition) is 5. The molecule has 3 heterocycles. The van der Waals surface area contributed by atoms with Crippen LogP contribution in [0, 0.1) is 19.8 Å². The first-order chi connectivity index (χ1) is 25.2.